The summed E-state index contributed by atoms with van der Waals surface area (Å²) in [6.07, 6.45) is 5.35. The molecule has 37 heavy (non-hydrogen) atoms. The van der Waals surface area contributed by atoms with E-state index in [2.05, 4.69) is 124 Å². The highest BCUT2D eigenvalue weighted by atomic mass is 15.2. The zero-order valence-corrected chi connectivity index (χ0v) is 21.1. The molecule has 0 aliphatic heterocycles. The quantitative estimate of drug-likeness (QED) is 0.249. The van der Waals surface area contributed by atoms with Crippen molar-refractivity contribution in [1.29, 1.82) is 0 Å². The van der Waals surface area contributed by atoms with Crippen molar-refractivity contribution in [2.45, 2.75) is 33.1 Å². The second kappa shape index (κ2) is 8.59. The molecule has 0 fully saturated rings. The van der Waals surface area contributed by atoms with E-state index >= 15 is 0 Å². The molecule has 0 N–H and O–H groups in total. The van der Waals surface area contributed by atoms with Crippen molar-refractivity contribution in [3.8, 4) is 17.1 Å². The Balaban J connectivity index is 1.37. The molecule has 3 aromatic heterocycles. The van der Waals surface area contributed by atoms with Gasteiger partial charge in [-0.3, -0.25) is 4.40 Å². The van der Waals surface area contributed by atoms with Crippen LogP contribution in [0.5, 0.6) is 0 Å². The smallest absolute Gasteiger partial charge is 0.168 e. The lowest BCUT2D eigenvalue weighted by atomic mass is 10.0. The van der Waals surface area contributed by atoms with Crippen LogP contribution in [0.15, 0.2) is 97.2 Å². The highest BCUT2D eigenvalue weighted by Crippen LogP contribution is 2.34. The van der Waals surface area contributed by atoms with Crippen LogP contribution in [0.1, 0.15) is 31.4 Å². The molecule has 0 aliphatic rings. The fourth-order valence-electron chi connectivity index (χ4n) is 5.63. The molecule has 3 heterocycles. The van der Waals surface area contributed by atoms with Crippen LogP contribution in [0, 0.1) is 0 Å². The van der Waals surface area contributed by atoms with E-state index in [0.29, 0.717) is 0 Å². The number of aromatic nitrogens is 4. The third kappa shape index (κ3) is 3.44. The first-order chi connectivity index (χ1) is 18.2. The fraction of sp³-hybridized carbons (Fsp3) is 0.152. The Morgan fingerprint density at radius 3 is 2.16 bits per heavy atom. The minimum atomic E-state index is 0.853. The summed E-state index contributed by atoms with van der Waals surface area (Å²) in [5.41, 5.74) is 8.34. The van der Waals surface area contributed by atoms with Crippen molar-refractivity contribution < 1.29 is 0 Å². The Kier molecular flexibility index (Phi) is 5.07. The van der Waals surface area contributed by atoms with Gasteiger partial charge in [0.1, 0.15) is 0 Å². The van der Waals surface area contributed by atoms with Crippen LogP contribution < -0.4 is 0 Å². The van der Waals surface area contributed by atoms with E-state index < -0.39 is 0 Å². The summed E-state index contributed by atoms with van der Waals surface area (Å²) in [4.78, 5) is 0. The maximum atomic E-state index is 4.56. The van der Waals surface area contributed by atoms with Crippen LogP contribution in [0.2, 0.25) is 0 Å². The van der Waals surface area contributed by atoms with Crippen LogP contribution in [0.25, 0.3) is 55.3 Å². The predicted octanol–water partition coefficient (Wildman–Crippen LogP) is 8.16. The third-order valence-electron chi connectivity index (χ3n) is 7.53. The number of nitrogens with zero attached hydrogens (tertiary/aromatic N) is 4. The number of aryl methyl sites for hydroxylation is 2. The standard InChI is InChI=1S/C33H28N4/c1-3-7-23-11-17-31-29(21-23)28-20-22(4-2)10-16-30(28)37(31)26-14-12-25(13-15-26)32-34-35-33-27-9-6-5-8-24(27)18-19-36(32)33/h5-6,8-21H,3-4,7H2,1-2H3. The van der Waals surface area contributed by atoms with Gasteiger partial charge in [0.05, 0.1) is 11.0 Å². The summed E-state index contributed by atoms with van der Waals surface area (Å²) in [6.45, 7) is 4.46. The number of hydrogen-bond donors (Lipinski definition) is 0. The summed E-state index contributed by atoms with van der Waals surface area (Å²) < 4.78 is 4.47. The molecule has 0 atom stereocenters. The Morgan fingerprint density at radius 2 is 1.41 bits per heavy atom. The molecular weight excluding hydrogens is 452 g/mol. The van der Waals surface area contributed by atoms with Gasteiger partial charge in [0.2, 0.25) is 0 Å². The summed E-state index contributed by atoms with van der Waals surface area (Å²) in [5, 5.41) is 14.0. The molecule has 0 saturated carbocycles. The van der Waals surface area contributed by atoms with E-state index in [1.165, 1.54) is 38.3 Å². The summed E-state index contributed by atoms with van der Waals surface area (Å²) in [5.74, 6) is 0.853. The minimum Gasteiger partial charge on any atom is -0.309 e. The van der Waals surface area contributed by atoms with Crippen LogP contribution in [0.4, 0.5) is 0 Å². The molecule has 4 nitrogen and oxygen atoms in total. The lowest BCUT2D eigenvalue weighted by Crippen LogP contribution is -1.95. The van der Waals surface area contributed by atoms with Crippen molar-refractivity contribution in [3.63, 3.8) is 0 Å². The van der Waals surface area contributed by atoms with Crippen LogP contribution in [-0.2, 0) is 12.8 Å². The van der Waals surface area contributed by atoms with Gasteiger partial charge in [0, 0.05) is 33.6 Å². The zero-order chi connectivity index (χ0) is 24.9. The van der Waals surface area contributed by atoms with Gasteiger partial charge >= 0.3 is 0 Å². The maximum Gasteiger partial charge on any atom is 0.168 e. The van der Waals surface area contributed by atoms with E-state index in [1.807, 2.05) is 6.07 Å². The fourth-order valence-corrected chi connectivity index (χ4v) is 5.63. The highest BCUT2D eigenvalue weighted by Gasteiger charge is 2.15. The lowest BCUT2D eigenvalue weighted by Gasteiger charge is -2.10. The minimum absolute atomic E-state index is 0.853. The maximum absolute atomic E-state index is 4.56. The first kappa shape index (κ1) is 21.8. The number of fused-ring (bicyclic) bond motifs is 6. The van der Waals surface area contributed by atoms with E-state index in [0.717, 1.165) is 47.4 Å². The van der Waals surface area contributed by atoms with E-state index in [-0.39, 0.29) is 0 Å². The lowest BCUT2D eigenvalue weighted by molar-refractivity contribution is 0.923. The van der Waals surface area contributed by atoms with Gasteiger partial charge in [-0.15, -0.1) is 10.2 Å². The molecule has 0 radical (unpaired) electrons. The predicted molar refractivity (Wildman–Crippen MR) is 154 cm³/mol. The molecule has 0 unspecified atom stereocenters. The second-order valence-electron chi connectivity index (χ2n) is 9.81. The van der Waals surface area contributed by atoms with Gasteiger partial charge < -0.3 is 4.57 Å². The van der Waals surface area contributed by atoms with E-state index in [9.17, 15) is 0 Å². The molecule has 4 heteroatoms. The Labute approximate surface area is 215 Å². The Morgan fingerprint density at radius 1 is 0.676 bits per heavy atom. The molecule has 0 aliphatic carbocycles. The van der Waals surface area contributed by atoms with E-state index in [1.54, 1.807) is 0 Å². The third-order valence-corrected chi connectivity index (χ3v) is 7.53. The van der Waals surface area contributed by atoms with Crippen molar-refractivity contribution in [1.82, 2.24) is 19.2 Å². The van der Waals surface area contributed by atoms with Crippen LogP contribution >= 0.6 is 0 Å². The van der Waals surface area contributed by atoms with Gasteiger partial charge in [-0.25, -0.2) is 0 Å². The molecule has 4 aromatic carbocycles. The van der Waals surface area contributed by atoms with Gasteiger partial charge in [-0.05, 0) is 84.0 Å². The van der Waals surface area contributed by atoms with Gasteiger partial charge in [-0.2, -0.15) is 0 Å². The molecule has 0 amide bonds. The molecule has 0 spiro atoms. The first-order valence-electron chi connectivity index (χ1n) is 13.1. The van der Waals surface area contributed by atoms with Crippen LogP contribution in [-0.4, -0.2) is 19.2 Å². The zero-order valence-electron chi connectivity index (χ0n) is 21.1. The normalized spacial score (nSPS) is 11.8. The largest absolute Gasteiger partial charge is 0.309 e. The SMILES string of the molecule is CCCc1ccc2c(c1)c1cc(CC)ccc1n2-c1ccc(-c2nnc3c4ccccc4ccn23)cc1. The second-order valence-corrected chi connectivity index (χ2v) is 9.81. The van der Waals surface area contributed by atoms with Crippen molar-refractivity contribution in [2.75, 3.05) is 0 Å². The van der Waals surface area contributed by atoms with Gasteiger partial charge in [0.25, 0.3) is 0 Å². The number of pyridine rings is 1. The van der Waals surface area contributed by atoms with Crippen molar-refractivity contribution >= 4 is 38.2 Å². The topological polar surface area (TPSA) is 35.1 Å². The Hall–Kier alpha value is -4.44. The Bertz CT molecular complexity index is 1920. The summed E-state index contributed by atoms with van der Waals surface area (Å²) in [7, 11) is 0. The highest BCUT2D eigenvalue weighted by molar-refractivity contribution is 6.09. The van der Waals surface area contributed by atoms with Crippen LogP contribution in [0.3, 0.4) is 0 Å². The average Bonchev–Trinajstić information content (AvgIpc) is 3.52. The van der Waals surface area contributed by atoms with Crippen molar-refractivity contribution in [3.05, 3.63) is 108 Å². The molecule has 180 valence electrons. The molecule has 0 saturated heterocycles. The number of hydrogen-bond acceptors (Lipinski definition) is 2. The number of rotatable bonds is 5. The molecule has 7 rings (SSSR count). The van der Waals surface area contributed by atoms with Gasteiger partial charge in [-0.1, -0.05) is 56.7 Å². The first-order valence-corrected chi connectivity index (χ1v) is 13.1. The molecule has 0 bridgehead atoms. The van der Waals surface area contributed by atoms with Crippen molar-refractivity contribution in [2.24, 2.45) is 0 Å². The van der Waals surface area contributed by atoms with E-state index in [4.69, 9.17) is 0 Å². The monoisotopic (exact) mass is 480 g/mol. The molecular formula is C33H28N4. The summed E-state index contributed by atoms with van der Waals surface area (Å²) >= 11 is 0. The van der Waals surface area contributed by atoms with Gasteiger partial charge in [0.15, 0.2) is 11.5 Å². The average molecular weight is 481 g/mol. The molecule has 7 aromatic rings. The summed E-state index contributed by atoms with van der Waals surface area (Å²) in [6, 6.07) is 33.0. The number of benzene rings is 4.